The molecule has 0 fully saturated rings. The maximum atomic E-state index is 12.2. The van der Waals surface area contributed by atoms with E-state index in [4.69, 9.17) is 9.84 Å². The van der Waals surface area contributed by atoms with E-state index in [0.717, 1.165) is 0 Å². The third-order valence-corrected chi connectivity index (χ3v) is 3.54. The highest BCUT2D eigenvalue weighted by molar-refractivity contribution is 6.11. The Kier molecular flexibility index (Phi) is 6.56. The monoisotopic (exact) mass is 372 g/mol. The summed E-state index contributed by atoms with van der Waals surface area (Å²) in [5, 5.41) is 29.0. The minimum absolute atomic E-state index is 0.0110. The Bertz CT molecular complexity index is 854. The lowest BCUT2D eigenvalue weighted by molar-refractivity contribution is -0.138. The second-order valence-electron chi connectivity index (χ2n) is 5.87. The highest BCUT2D eigenvalue weighted by Gasteiger charge is 2.19. The number of cyclic esters (lactones) is 1. The fourth-order valence-corrected chi connectivity index (χ4v) is 2.04. The molecule has 7 nitrogen and oxygen atoms in total. The van der Waals surface area contributed by atoms with Crippen LogP contribution in [0.5, 0.6) is 17.2 Å². The zero-order valence-electron chi connectivity index (χ0n) is 14.9. The van der Waals surface area contributed by atoms with Gasteiger partial charge in [-0.05, 0) is 26.0 Å². The van der Waals surface area contributed by atoms with E-state index in [9.17, 15) is 19.8 Å². The van der Waals surface area contributed by atoms with Crippen molar-refractivity contribution >= 4 is 11.8 Å². The number of phenolic OH excluding ortho intramolecular Hbond substituents is 2. The first-order valence-electron chi connectivity index (χ1n) is 8.14. The summed E-state index contributed by atoms with van der Waals surface area (Å²) in [6.07, 6.45) is 0.722. The van der Waals surface area contributed by atoms with E-state index in [0.29, 0.717) is 11.1 Å². The van der Waals surface area contributed by atoms with Gasteiger partial charge in [-0.2, -0.15) is 0 Å². The number of aliphatic hydroxyl groups excluding tert-OH is 1. The number of carbonyl (C=O) groups excluding carboxylic acids is 2. The molecule has 1 atom stereocenters. The number of esters is 1. The zero-order valence-corrected chi connectivity index (χ0v) is 14.9. The first-order valence-corrected chi connectivity index (χ1v) is 8.14. The van der Waals surface area contributed by atoms with Crippen LogP contribution in [0, 0.1) is 0 Å². The lowest BCUT2D eigenvalue weighted by Crippen LogP contribution is -2.13. The van der Waals surface area contributed by atoms with Crippen molar-refractivity contribution in [3.05, 3.63) is 65.4 Å². The average molecular weight is 372 g/mol. The molecular weight excluding hydrogens is 352 g/mol. The van der Waals surface area contributed by atoms with E-state index in [-0.39, 0.29) is 23.9 Å². The van der Waals surface area contributed by atoms with Crippen LogP contribution in [0.2, 0.25) is 0 Å². The van der Waals surface area contributed by atoms with E-state index in [1.165, 1.54) is 25.3 Å². The number of ether oxygens (including phenoxy) is 2. The molecule has 1 aliphatic heterocycles. The van der Waals surface area contributed by atoms with Crippen molar-refractivity contribution in [1.82, 2.24) is 0 Å². The fraction of sp³-hybridized carbons (Fsp3) is 0.200. The molecule has 1 unspecified atom stereocenters. The number of benzene rings is 2. The van der Waals surface area contributed by atoms with E-state index in [1.807, 2.05) is 0 Å². The number of hydrogen-bond acceptors (Lipinski definition) is 7. The number of ketones is 1. The second kappa shape index (κ2) is 8.86. The van der Waals surface area contributed by atoms with Gasteiger partial charge in [0.25, 0.3) is 0 Å². The fourth-order valence-electron chi connectivity index (χ4n) is 2.04. The van der Waals surface area contributed by atoms with Crippen LogP contribution < -0.4 is 4.74 Å². The number of carbonyl (C=O) groups is 2. The van der Waals surface area contributed by atoms with Crippen molar-refractivity contribution in [2.24, 2.45) is 0 Å². The van der Waals surface area contributed by atoms with Crippen LogP contribution in [-0.4, -0.2) is 39.8 Å². The van der Waals surface area contributed by atoms with E-state index >= 15 is 0 Å². The molecule has 3 N–H and O–H groups in total. The van der Waals surface area contributed by atoms with Crippen molar-refractivity contribution in [2.75, 3.05) is 6.61 Å². The van der Waals surface area contributed by atoms with E-state index < -0.39 is 23.4 Å². The van der Waals surface area contributed by atoms with Gasteiger partial charge in [0.2, 0.25) is 5.75 Å². The molecule has 2 aromatic rings. The highest BCUT2D eigenvalue weighted by atomic mass is 16.5. The van der Waals surface area contributed by atoms with Gasteiger partial charge in [0.05, 0.1) is 17.2 Å². The molecule has 0 amide bonds. The Hall–Kier alpha value is -3.32. The van der Waals surface area contributed by atoms with Crippen LogP contribution >= 0.6 is 0 Å². The molecule has 7 heteroatoms. The van der Waals surface area contributed by atoms with Crippen molar-refractivity contribution in [3.8, 4) is 17.2 Å². The molecule has 0 spiro atoms. The number of hydrogen-bond donors (Lipinski definition) is 3. The van der Waals surface area contributed by atoms with Gasteiger partial charge >= 0.3 is 5.97 Å². The van der Waals surface area contributed by atoms with Crippen LogP contribution in [-0.2, 0) is 9.53 Å². The Morgan fingerprint density at radius 3 is 2.22 bits per heavy atom. The first-order chi connectivity index (χ1) is 12.8. The summed E-state index contributed by atoms with van der Waals surface area (Å²) < 4.78 is 9.39. The quantitative estimate of drug-likeness (QED) is 0.420. The molecule has 0 saturated carbocycles. The minimum Gasteiger partial charge on any atom is -0.504 e. The first kappa shape index (κ1) is 20.0. The lowest BCUT2D eigenvalue weighted by atomic mass is 10.0. The Morgan fingerprint density at radius 2 is 1.74 bits per heavy atom. The third kappa shape index (κ3) is 5.08. The number of aliphatic hydroxyl groups is 1. The molecule has 0 bridgehead atoms. The van der Waals surface area contributed by atoms with E-state index in [1.54, 1.807) is 37.3 Å². The molecule has 1 heterocycles. The molecule has 1 aliphatic rings. The number of phenols is 2. The molecular formula is C20H20O7. The predicted molar refractivity (Wildman–Crippen MR) is 96.7 cm³/mol. The van der Waals surface area contributed by atoms with Gasteiger partial charge in [-0.15, -0.1) is 0 Å². The summed E-state index contributed by atoms with van der Waals surface area (Å²) in [5.74, 6) is -1.64. The van der Waals surface area contributed by atoms with Gasteiger partial charge in [-0.3, -0.25) is 4.79 Å². The van der Waals surface area contributed by atoms with Crippen LogP contribution in [0.3, 0.4) is 0 Å². The van der Waals surface area contributed by atoms with Crippen molar-refractivity contribution < 1.29 is 34.4 Å². The maximum Gasteiger partial charge on any atom is 0.341 e. The summed E-state index contributed by atoms with van der Waals surface area (Å²) in [6.45, 7) is 3.22. The Morgan fingerprint density at radius 1 is 1.11 bits per heavy atom. The zero-order chi connectivity index (χ0) is 20.0. The molecule has 2 aromatic carbocycles. The number of rotatable bonds is 5. The van der Waals surface area contributed by atoms with Gasteiger partial charge in [0.1, 0.15) is 12.9 Å². The van der Waals surface area contributed by atoms with Gasteiger partial charge in [-0.1, -0.05) is 30.3 Å². The topological polar surface area (TPSA) is 113 Å². The van der Waals surface area contributed by atoms with Crippen molar-refractivity contribution in [2.45, 2.75) is 20.0 Å². The van der Waals surface area contributed by atoms with Crippen LogP contribution in [0.25, 0.3) is 0 Å². The van der Waals surface area contributed by atoms with Gasteiger partial charge in [0.15, 0.2) is 17.3 Å². The second-order valence-corrected chi connectivity index (χ2v) is 5.87. The van der Waals surface area contributed by atoms with Gasteiger partial charge in [0, 0.05) is 5.56 Å². The number of aromatic hydroxyl groups is 2. The minimum atomic E-state index is -0.711. The largest absolute Gasteiger partial charge is 0.504 e. The summed E-state index contributed by atoms with van der Waals surface area (Å²) >= 11 is 0. The summed E-state index contributed by atoms with van der Waals surface area (Å²) in [5.41, 5.74) is 1.10. The smallest absolute Gasteiger partial charge is 0.341 e. The summed E-state index contributed by atoms with van der Waals surface area (Å²) in [6, 6.07) is 11.2. The summed E-state index contributed by atoms with van der Waals surface area (Å²) in [4.78, 5) is 22.2. The average Bonchev–Trinajstić information content (AvgIpc) is 2.68. The molecule has 0 aromatic heterocycles. The predicted octanol–water partition coefficient (Wildman–Crippen LogP) is 2.54. The molecule has 0 saturated heterocycles. The molecule has 0 radical (unpaired) electrons. The lowest BCUT2D eigenvalue weighted by Gasteiger charge is -2.12. The normalized spacial score (nSPS) is 13.3. The molecule has 3 rings (SSSR count). The standard InChI is InChI=1S/C16H16O5.C4H4O2/c1-10(17)9-21-13-8-7-12(15(19)16(13)20)14(18)11-5-3-2-4-6-11;1-3-2-6-4(3)5/h2-8,10,17,19-20H,9H2,1H3;2H,1H3. The third-order valence-electron chi connectivity index (χ3n) is 3.54. The van der Waals surface area contributed by atoms with Crippen molar-refractivity contribution in [3.63, 3.8) is 0 Å². The van der Waals surface area contributed by atoms with Crippen LogP contribution in [0.4, 0.5) is 0 Å². The summed E-state index contributed by atoms with van der Waals surface area (Å²) in [7, 11) is 0. The Labute approximate surface area is 156 Å². The van der Waals surface area contributed by atoms with Gasteiger partial charge < -0.3 is 24.8 Å². The SMILES string of the molecule is CC(O)COc1ccc(C(=O)c2ccccc2)c(O)c1O.CC1=COC1=O. The molecule has 0 aliphatic carbocycles. The molecule has 27 heavy (non-hydrogen) atoms. The van der Waals surface area contributed by atoms with Crippen LogP contribution in [0.1, 0.15) is 29.8 Å². The maximum absolute atomic E-state index is 12.2. The van der Waals surface area contributed by atoms with Gasteiger partial charge in [-0.25, -0.2) is 4.79 Å². The highest BCUT2D eigenvalue weighted by Crippen LogP contribution is 2.38. The van der Waals surface area contributed by atoms with Crippen molar-refractivity contribution in [1.29, 1.82) is 0 Å². The molecule has 142 valence electrons. The van der Waals surface area contributed by atoms with E-state index in [2.05, 4.69) is 4.74 Å². The van der Waals surface area contributed by atoms with Crippen LogP contribution in [0.15, 0.2) is 54.3 Å². The Balaban J connectivity index is 0.000000369.